The van der Waals surface area contributed by atoms with Gasteiger partial charge in [0, 0.05) is 25.4 Å². The standard InChI is InChI=1S/C31H34FN3O2/c1-31(2,3)23-14-16-24(17-15-23)37-19-9-8-18-34-28-13-7-5-11-26(28)33-30(34)22-20-29(36)35(21-22)27-12-6-4-10-25(27)32/h4-7,10-17,22H,8-9,18-21H2,1-3H3. The summed E-state index contributed by atoms with van der Waals surface area (Å²) in [6.07, 6.45) is 2.15. The number of unbranched alkanes of at least 4 members (excludes halogenated alkanes) is 1. The molecule has 1 saturated heterocycles. The average molecular weight is 500 g/mol. The number of halogens is 1. The predicted octanol–water partition coefficient (Wildman–Crippen LogP) is 6.85. The molecule has 1 aliphatic heterocycles. The van der Waals surface area contributed by atoms with E-state index in [1.165, 1.54) is 11.6 Å². The van der Waals surface area contributed by atoms with Gasteiger partial charge < -0.3 is 14.2 Å². The van der Waals surface area contributed by atoms with Gasteiger partial charge in [0.1, 0.15) is 17.4 Å². The van der Waals surface area contributed by atoms with Crippen molar-refractivity contribution in [3.63, 3.8) is 0 Å². The highest BCUT2D eigenvalue weighted by Gasteiger charge is 2.35. The van der Waals surface area contributed by atoms with Crippen molar-refractivity contribution in [2.24, 2.45) is 0 Å². The Labute approximate surface area is 217 Å². The van der Waals surface area contributed by atoms with Crippen LogP contribution in [0.4, 0.5) is 10.1 Å². The number of rotatable bonds is 8. The van der Waals surface area contributed by atoms with Crippen molar-refractivity contribution in [2.45, 2.75) is 57.9 Å². The molecule has 3 aromatic carbocycles. The lowest BCUT2D eigenvalue weighted by molar-refractivity contribution is -0.117. The Kier molecular flexibility index (Phi) is 7.00. The third-order valence-corrected chi connectivity index (χ3v) is 7.08. The third-order valence-electron chi connectivity index (χ3n) is 7.08. The number of aryl methyl sites for hydroxylation is 1. The Bertz CT molecular complexity index is 1390. The lowest BCUT2D eigenvalue weighted by atomic mass is 9.87. The molecule has 1 fully saturated rings. The van der Waals surface area contributed by atoms with Crippen LogP contribution < -0.4 is 9.64 Å². The molecule has 192 valence electrons. The second-order valence-corrected chi connectivity index (χ2v) is 10.8. The third kappa shape index (κ3) is 5.38. The Morgan fingerprint density at radius 3 is 2.46 bits per heavy atom. The Morgan fingerprint density at radius 1 is 0.973 bits per heavy atom. The zero-order valence-electron chi connectivity index (χ0n) is 21.8. The molecule has 2 heterocycles. The van der Waals surface area contributed by atoms with Gasteiger partial charge in [0.25, 0.3) is 0 Å². The number of ether oxygens (including phenoxy) is 1. The van der Waals surface area contributed by atoms with Crippen LogP contribution in [0.5, 0.6) is 5.75 Å². The number of carbonyl (C=O) groups is 1. The van der Waals surface area contributed by atoms with Crippen molar-refractivity contribution in [1.29, 1.82) is 0 Å². The molecule has 0 saturated carbocycles. The molecule has 0 N–H and O–H groups in total. The van der Waals surface area contributed by atoms with Gasteiger partial charge in [0.05, 0.1) is 23.3 Å². The van der Waals surface area contributed by atoms with Crippen molar-refractivity contribution in [3.8, 4) is 5.75 Å². The van der Waals surface area contributed by atoms with E-state index in [0.717, 1.165) is 42.0 Å². The maximum absolute atomic E-state index is 14.4. The lowest BCUT2D eigenvalue weighted by Crippen LogP contribution is -2.25. The maximum atomic E-state index is 14.4. The molecule has 0 bridgehead atoms. The number of benzene rings is 3. The van der Waals surface area contributed by atoms with Crippen molar-refractivity contribution in [2.75, 3.05) is 18.1 Å². The minimum absolute atomic E-state index is 0.0698. The minimum atomic E-state index is -0.377. The summed E-state index contributed by atoms with van der Waals surface area (Å²) in [6.45, 7) is 8.46. The Balaban J connectivity index is 1.25. The monoisotopic (exact) mass is 499 g/mol. The number of aromatic nitrogens is 2. The van der Waals surface area contributed by atoms with E-state index >= 15 is 0 Å². The topological polar surface area (TPSA) is 47.4 Å². The van der Waals surface area contributed by atoms with Crippen LogP contribution in [0.3, 0.4) is 0 Å². The number of carbonyl (C=O) groups excluding carboxylic acids is 1. The van der Waals surface area contributed by atoms with E-state index in [9.17, 15) is 9.18 Å². The zero-order chi connectivity index (χ0) is 26.0. The zero-order valence-corrected chi connectivity index (χ0v) is 21.8. The van der Waals surface area contributed by atoms with Gasteiger partial charge in [0.2, 0.25) is 5.91 Å². The number of nitrogens with zero attached hydrogens (tertiary/aromatic N) is 3. The van der Waals surface area contributed by atoms with Gasteiger partial charge in [-0.2, -0.15) is 0 Å². The van der Waals surface area contributed by atoms with E-state index in [-0.39, 0.29) is 23.1 Å². The molecule has 1 aromatic heterocycles. The van der Waals surface area contributed by atoms with Crippen molar-refractivity contribution in [3.05, 3.63) is 90.0 Å². The van der Waals surface area contributed by atoms with Gasteiger partial charge in [-0.05, 0) is 60.2 Å². The second-order valence-electron chi connectivity index (χ2n) is 10.8. The molecule has 1 amide bonds. The molecule has 5 rings (SSSR count). The van der Waals surface area contributed by atoms with E-state index in [1.807, 2.05) is 30.3 Å². The lowest BCUT2D eigenvalue weighted by Gasteiger charge is -2.19. The number of para-hydroxylation sites is 3. The molecule has 0 radical (unpaired) electrons. The molecule has 0 aliphatic carbocycles. The molecule has 1 unspecified atom stereocenters. The maximum Gasteiger partial charge on any atom is 0.227 e. The fourth-order valence-corrected chi connectivity index (χ4v) is 5.04. The fourth-order valence-electron chi connectivity index (χ4n) is 5.04. The Morgan fingerprint density at radius 2 is 1.70 bits per heavy atom. The van der Waals surface area contributed by atoms with Crippen LogP contribution in [0.2, 0.25) is 0 Å². The Hall–Kier alpha value is -3.67. The summed E-state index contributed by atoms with van der Waals surface area (Å²) in [5.41, 5.74) is 3.74. The fraction of sp³-hybridized carbons (Fsp3) is 0.355. The first kappa shape index (κ1) is 25.0. The van der Waals surface area contributed by atoms with Crippen molar-refractivity contribution >= 4 is 22.6 Å². The summed E-state index contributed by atoms with van der Waals surface area (Å²) < 4.78 is 22.6. The average Bonchev–Trinajstić information content (AvgIpc) is 3.44. The summed E-state index contributed by atoms with van der Waals surface area (Å²) in [7, 11) is 0. The highest BCUT2D eigenvalue weighted by molar-refractivity contribution is 5.96. The minimum Gasteiger partial charge on any atom is -0.494 e. The summed E-state index contributed by atoms with van der Waals surface area (Å²) in [5.74, 6) is 1.25. The first-order valence-electron chi connectivity index (χ1n) is 13.0. The normalized spacial score (nSPS) is 16.1. The van der Waals surface area contributed by atoms with Gasteiger partial charge in [-0.3, -0.25) is 4.79 Å². The molecule has 5 nitrogen and oxygen atoms in total. The van der Waals surface area contributed by atoms with E-state index < -0.39 is 0 Å². The van der Waals surface area contributed by atoms with Crippen LogP contribution in [0.15, 0.2) is 72.8 Å². The van der Waals surface area contributed by atoms with Gasteiger partial charge in [-0.1, -0.05) is 57.2 Å². The number of amides is 1. The van der Waals surface area contributed by atoms with Gasteiger partial charge in [0.15, 0.2) is 0 Å². The van der Waals surface area contributed by atoms with Crippen LogP contribution in [-0.4, -0.2) is 28.6 Å². The molecule has 0 spiro atoms. The molecular weight excluding hydrogens is 465 g/mol. The molecule has 4 aromatic rings. The van der Waals surface area contributed by atoms with E-state index in [2.05, 4.69) is 43.5 Å². The summed E-state index contributed by atoms with van der Waals surface area (Å²) in [4.78, 5) is 19.3. The van der Waals surface area contributed by atoms with Crippen molar-refractivity contribution in [1.82, 2.24) is 9.55 Å². The van der Waals surface area contributed by atoms with Gasteiger partial charge >= 0.3 is 0 Å². The smallest absolute Gasteiger partial charge is 0.227 e. The van der Waals surface area contributed by atoms with Crippen LogP contribution >= 0.6 is 0 Å². The highest BCUT2D eigenvalue weighted by Crippen LogP contribution is 2.34. The molecular formula is C31H34FN3O2. The number of hydrogen-bond acceptors (Lipinski definition) is 3. The van der Waals surface area contributed by atoms with E-state index in [0.29, 0.717) is 25.3 Å². The molecule has 37 heavy (non-hydrogen) atoms. The summed E-state index contributed by atoms with van der Waals surface area (Å²) >= 11 is 0. The number of fused-ring (bicyclic) bond motifs is 1. The molecule has 1 atom stereocenters. The van der Waals surface area contributed by atoms with Crippen LogP contribution in [0, 0.1) is 5.82 Å². The molecule has 1 aliphatic rings. The van der Waals surface area contributed by atoms with Crippen LogP contribution in [-0.2, 0) is 16.8 Å². The van der Waals surface area contributed by atoms with Gasteiger partial charge in [-0.25, -0.2) is 9.37 Å². The number of anilines is 1. The first-order chi connectivity index (χ1) is 17.8. The quantitative estimate of drug-likeness (QED) is 0.249. The summed E-state index contributed by atoms with van der Waals surface area (Å²) in [5, 5.41) is 0. The highest BCUT2D eigenvalue weighted by atomic mass is 19.1. The van der Waals surface area contributed by atoms with Crippen molar-refractivity contribution < 1.29 is 13.9 Å². The number of hydrogen-bond donors (Lipinski definition) is 0. The van der Waals surface area contributed by atoms with E-state index in [1.54, 1.807) is 23.1 Å². The van der Waals surface area contributed by atoms with Crippen LogP contribution in [0.1, 0.15) is 57.3 Å². The predicted molar refractivity (Wildman–Crippen MR) is 146 cm³/mol. The van der Waals surface area contributed by atoms with E-state index in [4.69, 9.17) is 9.72 Å². The SMILES string of the molecule is CC(C)(C)c1ccc(OCCCCn2c(C3CC(=O)N(c4ccccc4F)C3)nc3ccccc32)cc1. The van der Waals surface area contributed by atoms with Gasteiger partial charge in [-0.15, -0.1) is 0 Å². The largest absolute Gasteiger partial charge is 0.494 e. The number of imidazole rings is 1. The first-order valence-corrected chi connectivity index (χ1v) is 13.0. The summed E-state index contributed by atoms with van der Waals surface area (Å²) in [6, 6.07) is 22.9. The van der Waals surface area contributed by atoms with Crippen LogP contribution in [0.25, 0.3) is 11.0 Å². The second kappa shape index (κ2) is 10.4. The molecule has 6 heteroatoms.